The zero-order valence-electron chi connectivity index (χ0n) is 25.4. The Morgan fingerprint density at radius 1 is 0.646 bits per heavy atom. The van der Waals surface area contributed by atoms with Gasteiger partial charge in [0.25, 0.3) is 5.69 Å². The van der Waals surface area contributed by atoms with E-state index in [2.05, 4.69) is 9.97 Å². The van der Waals surface area contributed by atoms with Gasteiger partial charge in [0.15, 0.2) is 5.69 Å². The first-order valence-electron chi connectivity index (χ1n) is 14.6. The summed E-state index contributed by atoms with van der Waals surface area (Å²) in [6.07, 6.45) is 6.25. The topological polar surface area (TPSA) is 90.1 Å². The lowest BCUT2D eigenvalue weighted by molar-refractivity contribution is -0.689. The predicted octanol–water partition coefficient (Wildman–Crippen LogP) is 6.55. The van der Waals surface area contributed by atoms with Crippen molar-refractivity contribution in [3.63, 3.8) is 0 Å². The van der Waals surface area contributed by atoms with Crippen molar-refractivity contribution in [1.29, 1.82) is 0 Å². The number of nitrogens with zero attached hydrogens (tertiary/aromatic N) is 3. The number of carbonyl (C=O) groups is 2. The molecule has 0 amide bonds. The highest BCUT2D eigenvalue weighted by atomic mass is 19.1. The van der Waals surface area contributed by atoms with Crippen LogP contribution in [0.2, 0.25) is 0 Å². The molecule has 8 nitrogen and oxygen atoms in total. The number of esters is 2. The molecule has 0 spiro atoms. The van der Waals surface area contributed by atoms with Crippen molar-refractivity contribution in [3.8, 4) is 0 Å². The van der Waals surface area contributed by atoms with Crippen molar-refractivity contribution in [3.05, 3.63) is 179 Å². The number of hydrogen-bond acceptors (Lipinski definition) is 5. The molecule has 48 heavy (non-hydrogen) atoms. The quantitative estimate of drug-likeness (QED) is 0.103. The molecular formula is C36H29F4N4O4+. The van der Waals surface area contributed by atoms with Gasteiger partial charge in [-0.15, -0.1) is 0 Å². The molecule has 0 radical (unpaired) electrons. The second-order valence-corrected chi connectivity index (χ2v) is 10.5. The SMILES string of the molecule is O=C(OCc1ccc(F)cc1)c1c[nH]c[n+]1Cc1ccc(F)cc1.O=C(OCc1ccc(F)cc1)c1cn(Cc2ccc(F)cc2)cn1. The average molecular weight is 658 g/mol. The molecule has 0 fully saturated rings. The van der Waals surface area contributed by atoms with E-state index in [0.717, 1.165) is 11.1 Å². The van der Waals surface area contributed by atoms with E-state index in [-0.39, 0.29) is 42.2 Å². The van der Waals surface area contributed by atoms with Crippen LogP contribution in [0.15, 0.2) is 122 Å². The maximum atomic E-state index is 12.9. The average Bonchev–Trinajstić information content (AvgIpc) is 3.76. The summed E-state index contributed by atoms with van der Waals surface area (Å²) in [5.41, 5.74) is 3.66. The van der Waals surface area contributed by atoms with Gasteiger partial charge in [0.05, 0.1) is 6.33 Å². The number of aromatic nitrogens is 4. The molecule has 0 atom stereocenters. The zero-order valence-corrected chi connectivity index (χ0v) is 25.4. The van der Waals surface area contributed by atoms with E-state index in [0.29, 0.717) is 29.9 Å². The van der Waals surface area contributed by atoms with Crippen molar-refractivity contribution >= 4 is 11.9 Å². The van der Waals surface area contributed by atoms with Gasteiger partial charge in [0.2, 0.25) is 6.33 Å². The fourth-order valence-electron chi connectivity index (χ4n) is 4.41. The lowest BCUT2D eigenvalue weighted by atomic mass is 10.2. The molecular weight excluding hydrogens is 628 g/mol. The minimum atomic E-state index is -0.558. The molecule has 2 heterocycles. The number of rotatable bonds is 10. The van der Waals surface area contributed by atoms with Gasteiger partial charge in [-0.05, 0) is 70.8 Å². The number of H-pyrrole nitrogens is 1. The number of benzene rings is 4. The number of carbonyl (C=O) groups excluding carboxylic acids is 2. The number of ether oxygens (including phenoxy) is 2. The second kappa shape index (κ2) is 16.0. The van der Waals surface area contributed by atoms with E-state index in [1.165, 1.54) is 61.1 Å². The summed E-state index contributed by atoms with van der Waals surface area (Å²) in [5.74, 6) is -2.34. The summed E-state index contributed by atoms with van der Waals surface area (Å²) in [5, 5.41) is 0. The smallest absolute Gasteiger partial charge is 0.382 e. The third kappa shape index (κ3) is 9.73. The highest BCUT2D eigenvalue weighted by Gasteiger charge is 2.20. The lowest BCUT2D eigenvalue weighted by Gasteiger charge is -2.05. The number of aromatic amines is 1. The molecule has 6 aromatic rings. The van der Waals surface area contributed by atoms with Gasteiger partial charge in [-0.25, -0.2) is 41.7 Å². The predicted molar refractivity (Wildman–Crippen MR) is 165 cm³/mol. The maximum Gasteiger partial charge on any atom is 0.382 e. The number of hydrogen-bond donors (Lipinski definition) is 1. The summed E-state index contributed by atoms with van der Waals surface area (Å²) in [4.78, 5) is 31.1. The minimum Gasteiger partial charge on any atom is -0.456 e. The molecule has 2 aromatic heterocycles. The fourth-order valence-corrected chi connectivity index (χ4v) is 4.41. The standard InChI is InChI=1S/2C18H14F2N2O2/c19-15-5-1-13(2-6-15)10-22-12-21-9-17(22)18(23)24-11-14-3-7-16(20)8-4-14;19-15-5-1-13(2-6-15)9-22-10-17(21-12-22)18(23)24-11-14-3-7-16(20)8-4-14/h1-9,12H,10-11H2;1-8,10,12H,9,11H2/p+1. The van der Waals surface area contributed by atoms with Gasteiger partial charge in [0.1, 0.15) is 49.2 Å². The fraction of sp³-hybridized carbons (Fsp3) is 0.111. The van der Waals surface area contributed by atoms with Gasteiger partial charge >= 0.3 is 11.9 Å². The van der Waals surface area contributed by atoms with Crippen LogP contribution in [0.25, 0.3) is 0 Å². The van der Waals surface area contributed by atoms with Crippen LogP contribution in [-0.2, 0) is 35.8 Å². The largest absolute Gasteiger partial charge is 0.456 e. The number of halogens is 4. The summed E-state index contributed by atoms with van der Waals surface area (Å²) in [6.45, 7) is 0.980. The lowest BCUT2D eigenvalue weighted by Crippen LogP contribution is -2.38. The summed E-state index contributed by atoms with van der Waals surface area (Å²) in [7, 11) is 0. The molecule has 6 rings (SSSR count). The van der Waals surface area contributed by atoms with E-state index < -0.39 is 11.9 Å². The first kappa shape index (κ1) is 33.3. The van der Waals surface area contributed by atoms with Crippen LogP contribution in [0, 0.1) is 23.3 Å². The Hall–Kier alpha value is -6.04. The number of imidazole rings is 2. The van der Waals surface area contributed by atoms with Crippen LogP contribution in [0.5, 0.6) is 0 Å². The van der Waals surface area contributed by atoms with Crippen molar-refractivity contribution in [2.45, 2.75) is 26.3 Å². The molecule has 0 aliphatic rings. The summed E-state index contributed by atoms with van der Waals surface area (Å²) >= 11 is 0. The van der Waals surface area contributed by atoms with Gasteiger partial charge in [-0.2, -0.15) is 0 Å². The highest BCUT2D eigenvalue weighted by Crippen LogP contribution is 2.10. The molecule has 0 aliphatic carbocycles. The second-order valence-electron chi connectivity index (χ2n) is 10.5. The maximum absolute atomic E-state index is 12.9. The van der Waals surface area contributed by atoms with E-state index in [4.69, 9.17) is 9.47 Å². The first-order valence-corrected chi connectivity index (χ1v) is 14.6. The molecule has 0 aliphatic heterocycles. The van der Waals surface area contributed by atoms with Crippen LogP contribution in [0.3, 0.4) is 0 Å². The Morgan fingerprint density at radius 3 is 1.62 bits per heavy atom. The summed E-state index contributed by atoms with van der Waals surface area (Å²) in [6, 6.07) is 23.6. The van der Waals surface area contributed by atoms with E-state index >= 15 is 0 Å². The van der Waals surface area contributed by atoms with Crippen LogP contribution in [-0.4, -0.2) is 26.5 Å². The van der Waals surface area contributed by atoms with Crippen molar-refractivity contribution in [2.24, 2.45) is 0 Å². The van der Waals surface area contributed by atoms with Gasteiger partial charge in [0, 0.05) is 12.7 Å². The van der Waals surface area contributed by atoms with Gasteiger partial charge < -0.3 is 14.0 Å². The molecule has 4 aromatic carbocycles. The third-order valence-corrected chi connectivity index (χ3v) is 6.92. The Labute approximate surface area is 272 Å². The highest BCUT2D eigenvalue weighted by molar-refractivity contribution is 5.87. The normalized spacial score (nSPS) is 10.6. The summed E-state index contributed by atoms with van der Waals surface area (Å²) < 4.78 is 65.3. The van der Waals surface area contributed by atoms with Crippen LogP contribution in [0.1, 0.15) is 43.2 Å². The van der Waals surface area contributed by atoms with E-state index in [9.17, 15) is 27.2 Å². The minimum absolute atomic E-state index is 0.0456. The van der Waals surface area contributed by atoms with Crippen molar-refractivity contribution < 1.29 is 41.2 Å². The van der Waals surface area contributed by atoms with Gasteiger partial charge in [-0.1, -0.05) is 48.5 Å². The molecule has 0 bridgehead atoms. The Morgan fingerprint density at radius 2 is 1.10 bits per heavy atom. The molecule has 1 N–H and O–H groups in total. The zero-order chi connectivity index (χ0) is 33.9. The van der Waals surface area contributed by atoms with Crippen LogP contribution >= 0.6 is 0 Å². The molecule has 244 valence electrons. The van der Waals surface area contributed by atoms with Crippen LogP contribution < -0.4 is 4.57 Å². The molecule has 12 heteroatoms. The first-order chi connectivity index (χ1) is 23.2. The molecule has 0 saturated carbocycles. The monoisotopic (exact) mass is 657 g/mol. The Bertz CT molecular complexity index is 1940. The van der Waals surface area contributed by atoms with E-state index in [1.54, 1.807) is 70.2 Å². The van der Waals surface area contributed by atoms with E-state index in [1.807, 2.05) is 0 Å². The Balaban J connectivity index is 0.000000188. The Kier molecular flexibility index (Phi) is 11.1. The third-order valence-electron chi connectivity index (χ3n) is 6.92. The van der Waals surface area contributed by atoms with Crippen LogP contribution in [0.4, 0.5) is 17.6 Å². The molecule has 0 unspecified atom stereocenters. The van der Waals surface area contributed by atoms with Gasteiger partial charge in [-0.3, -0.25) is 0 Å². The molecule has 0 saturated heterocycles. The van der Waals surface area contributed by atoms with Crippen molar-refractivity contribution in [1.82, 2.24) is 14.5 Å². The van der Waals surface area contributed by atoms with Crippen molar-refractivity contribution in [2.75, 3.05) is 0 Å². The number of nitrogens with one attached hydrogen (secondary N) is 1.